The van der Waals surface area contributed by atoms with E-state index in [0.717, 1.165) is 84.7 Å². The molecule has 7 heteroatoms. The van der Waals surface area contributed by atoms with Crippen LogP contribution >= 0.6 is 0 Å². The number of nitrogens with zero attached hydrogens (tertiary/aromatic N) is 1. The normalized spacial score (nSPS) is 24.0. The van der Waals surface area contributed by atoms with E-state index in [1.165, 1.54) is 0 Å². The second-order valence-corrected chi connectivity index (χ2v) is 6.09. The maximum absolute atomic E-state index is 9.16. The molecule has 6 N–H and O–H groups in total. The number of nitrogens with one attached hydrogen (secondary N) is 4. The number of aliphatic hydroxyl groups excluding tert-OH is 2. The number of hydrogen-bond donors (Lipinski definition) is 6. The lowest BCUT2D eigenvalue weighted by Gasteiger charge is -2.32. The molecule has 1 atom stereocenters. The van der Waals surface area contributed by atoms with Crippen molar-refractivity contribution in [1.29, 1.82) is 0 Å². The summed E-state index contributed by atoms with van der Waals surface area (Å²) in [4.78, 5) is 2.45. The lowest BCUT2D eigenvalue weighted by molar-refractivity contribution is 0.154. The summed E-state index contributed by atoms with van der Waals surface area (Å²) < 4.78 is 0. The molecule has 0 aromatic rings. The van der Waals surface area contributed by atoms with Gasteiger partial charge >= 0.3 is 0 Å². The molecule has 1 aliphatic rings. The summed E-state index contributed by atoms with van der Waals surface area (Å²) in [7, 11) is 0. The summed E-state index contributed by atoms with van der Waals surface area (Å²) in [6.45, 7) is 10.2. The Morgan fingerprint density at radius 2 is 1.30 bits per heavy atom. The van der Waals surface area contributed by atoms with Crippen LogP contribution in [0.3, 0.4) is 0 Å². The highest BCUT2D eigenvalue weighted by Gasteiger charge is 2.17. The van der Waals surface area contributed by atoms with Crippen LogP contribution in [-0.2, 0) is 0 Å². The average molecular weight is 332 g/mol. The smallest absolute Gasteiger partial charge is 0.0443 e. The third-order valence-corrected chi connectivity index (χ3v) is 4.21. The first-order chi connectivity index (χ1) is 11.4. The Balaban J connectivity index is 2.51. The van der Waals surface area contributed by atoms with Gasteiger partial charge in [-0.3, -0.25) is 4.90 Å². The maximum atomic E-state index is 9.16. The second kappa shape index (κ2) is 15.3. The topological polar surface area (TPSA) is 91.8 Å². The van der Waals surface area contributed by atoms with Crippen LogP contribution in [0.4, 0.5) is 0 Å². The lowest BCUT2D eigenvalue weighted by Crippen LogP contribution is -2.47. The van der Waals surface area contributed by atoms with Crippen molar-refractivity contribution < 1.29 is 10.2 Å². The van der Waals surface area contributed by atoms with Gasteiger partial charge in [0.15, 0.2) is 0 Å². The molecule has 1 saturated heterocycles. The second-order valence-electron chi connectivity index (χ2n) is 6.09. The molecule has 1 rings (SSSR count). The third-order valence-electron chi connectivity index (χ3n) is 4.21. The van der Waals surface area contributed by atoms with Crippen LogP contribution in [0.2, 0.25) is 0 Å². The molecule has 0 spiro atoms. The quantitative estimate of drug-likeness (QED) is 0.342. The van der Waals surface area contributed by atoms with Gasteiger partial charge in [-0.2, -0.15) is 0 Å². The summed E-state index contributed by atoms with van der Waals surface area (Å²) in [5.41, 5.74) is 0. The zero-order valence-electron chi connectivity index (χ0n) is 14.5. The van der Waals surface area contributed by atoms with Gasteiger partial charge in [-0.1, -0.05) is 0 Å². The molecule has 0 bridgehead atoms. The minimum Gasteiger partial charge on any atom is -0.396 e. The van der Waals surface area contributed by atoms with E-state index in [4.69, 9.17) is 10.2 Å². The van der Waals surface area contributed by atoms with Crippen LogP contribution in [0.1, 0.15) is 19.3 Å². The van der Waals surface area contributed by atoms with E-state index in [0.29, 0.717) is 6.04 Å². The first-order valence-corrected chi connectivity index (χ1v) is 9.17. The van der Waals surface area contributed by atoms with Gasteiger partial charge in [0.25, 0.3) is 0 Å². The van der Waals surface area contributed by atoms with Gasteiger partial charge in [0.2, 0.25) is 0 Å². The standard InChI is InChI=1S/C16H37N5O2/c22-13-1-3-16-15-20-9-8-18-5-4-17-6-7-19-10-12-21(16)11-2-14-23/h16-20,22-23H,1-15H2. The molecule has 1 unspecified atom stereocenters. The van der Waals surface area contributed by atoms with E-state index < -0.39 is 0 Å². The van der Waals surface area contributed by atoms with E-state index in [1.807, 2.05) is 0 Å². The van der Waals surface area contributed by atoms with Crippen molar-refractivity contribution in [3.63, 3.8) is 0 Å². The highest BCUT2D eigenvalue weighted by molar-refractivity contribution is 4.76. The summed E-state index contributed by atoms with van der Waals surface area (Å²) in [6, 6.07) is 0.416. The van der Waals surface area contributed by atoms with Crippen molar-refractivity contribution in [3.05, 3.63) is 0 Å². The van der Waals surface area contributed by atoms with Gasteiger partial charge in [-0.25, -0.2) is 0 Å². The van der Waals surface area contributed by atoms with Crippen molar-refractivity contribution in [1.82, 2.24) is 26.2 Å². The summed E-state index contributed by atoms with van der Waals surface area (Å²) >= 11 is 0. The highest BCUT2D eigenvalue weighted by atomic mass is 16.3. The molecule has 1 fully saturated rings. The monoisotopic (exact) mass is 331 g/mol. The van der Waals surface area contributed by atoms with E-state index in [2.05, 4.69) is 26.2 Å². The lowest BCUT2D eigenvalue weighted by atomic mass is 10.1. The Morgan fingerprint density at radius 3 is 1.91 bits per heavy atom. The molecule has 1 heterocycles. The zero-order valence-corrected chi connectivity index (χ0v) is 14.5. The predicted molar refractivity (Wildman–Crippen MR) is 94.9 cm³/mol. The average Bonchev–Trinajstić information content (AvgIpc) is 2.58. The first-order valence-electron chi connectivity index (χ1n) is 9.17. The van der Waals surface area contributed by atoms with Gasteiger partial charge in [0.1, 0.15) is 0 Å². The van der Waals surface area contributed by atoms with E-state index in [-0.39, 0.29) is 13.2 Å². The van der Waals surface area contributed by atoms with E-state index >= 15 is 0 Å². The van der Waals surface area contributed by atoms with Crippen molar-refractivity contribution in [3.8, 4) is 0 Å². The fourth-order valence-electron chi connectivity index (χ4n) is 2.89. The molecule has 0 amide bonds. The molecule has 1 aliphatic heterocycles. The van der Waals surface area contributed by atoms with Crippen molar-refractivity contribution in [2.24, 2.45) is 0 Å². The number of hydrogen-bond acceptors (Lipinski definition) is 7. The molecular formula is C16H37N5O2. The van der Waals surface area contributed by atoms with E-state index in [9.17, 15) is 0 Å². The van der Waals surface area contributed by atoms with Gasteiger partial charge in [-0.05, 0) is 19.3 Å². The third kappa shape index (κ3) is 11.0. The van der Waals surface area contributed by atoms with Crippen LogP contribution in [0.5, 0.6) is 0 Å². The molecule has 0 aromatic heterocycles. The summed E-state index contributed by atoms with van der Waals surface area (Å²) in [6.07, 6.45) is 2.63. The molecule has 0 radical (unpaired) electrons. The summed E-state index contributed by atoms with van der Waals surface area (Å²) in [5.74, 6) is 0. The molecule has 7 nitrogen and oxygen atoms in total. The largest absolute Gasteiger partial charge is 0.396 e. The van der Waals surface area contributed by atoms with Crippen LogP contribution in [0.15, 0.2) is 0 Å². The molecule has 0 aromatic carbocycles. The SMILES string of the molecule is OCCCC1CNCCNCCNCCNCCN1CCCO. The maximum Gasteiger partial charge on any atom is 0.0443 e. The number of aliphatic hydroxyl groups is 2. The molecule has 0 saturated carbocycles. The Labute approximate surface area is 141 Å². The Morgan fingerprint density at radius 1 is 0.739 bits per heavy atom. The van der Waals surface area contributed by atoms with Gasteiger partial charge < -0.3 is 31.5 Å². The van der Waals surface area contributed by atoms with Gasteiger partial charge in [-0.15, -0.1) is 0 Å². The summed E-state index contributed by atoms with van der Waals surface area (Å²) in [5, 5.41) is 32.2. The Hall–Kier alpha value is -0.280. The Bertz CT molecular complexity index is 235. The van der Waals surface area contributed by atoms with Gasteiger partial charge in [0, 0.05) is 84.7 Å². The fourth-order valence-corrected chi connectivity index (χ4v) is 2.89. The highest BCUT2D eigenvalue weighted by Crippen LogP contribution is 2.07. The number of rotatable bonds is 6. The zero-order chi connectivity index (χ0) is 16.6. The molecule has 23 heavy (non-hydrogen) atoms. The van der Waals surface area contributed by atoms with Crippen LogP contribution in [-0.4, -0.2) is 99.8 Å². The fraction of sp³-hybridized carbons (Fsp3) is 1.00. The van der Waals surface area contributed by atoms with E-state index in [1.54, 1.807) is 0 Å². The molecular weight excluding hydrogens is 294 g/mol. The molecule has 0 aliphatic carbocycles. The van der Waals surface area contributed by atoms with Crippen LogP contribution in [0, 0.1) is 0 Å². The van der Waals surface area contributed by atoms with Gasteiger partial charge in [0.05, 0.1) is 0 Å². The van der Waals surface area contributed by atoms with Crippen molar-refractivity contribution in [2.45, 2.75) is 25.3 Å². The van der Waals surface area contributed by atoms with Crippen LogP contribution in [0.25, 0.3) is 0 Å². The first kappa shape index (κ1) is 20.8. The van der Waals surface area contributed by atoms with Crippen molar-refractivity contribution in [2.75, 3.05) is 78.7 Å². The predicted octanol–water partition coefficient (Wildman–Crippen LogP) is -1.82. The van der Waals surface area contributed by atoms with Crippen molar-refractivity contribution >= 4 is 0 Å². The molecule has 138 valence electrons. The Kier molecular flexibility index (Phi) is 13.8. The van der Waals surface area contributed by atoms with Crippen LogP contribution < -0.4 is 21.3 Å². The minimum atomic E-state index is 0.234. The minimum absolute atomic E-state index is 0.234.